The number of hydrogen-bond acceptors (Lipinski definition) is 3. The fraction of sp³-hybridized carbons (Fsp3) is 0.429. The fourth-order valence-corrected chi connectivity index (χ4v) is 2.23. The van der Waals surface area contributed by atoms with Crippen molar-refractivity contribution in [2.45, 2.75) is 32.9 Å². The molecule has 0 bridgehead atoms. The zero-order valence-electron chi connectivity index (χ0n) is 11.4. The average Bonchev–Trinajstić information content (AvgIpc) is 2.69. The van der Waals surface area contributed by atoms with Crippen LogP contribution in [-0.2, 0) is 7.05 Å². The Morgan fingerprint density at radius 3 is 2.56 bits per heavy atom. The monoisotopic (exact) mass is 244 g/mol. The first-order valence-electron chi connectivity index (χ1n) is 6.25. The summed E-state index contributed by atoms with van der Waals surface area (Å²) < 4.78 is 1.86. The van der Waals surface area contributed by atoms with Crippen LogP contribution in [0.4, 0.5) is 0 Å². The first kappa shape index (κ1) is 12.8. The van der Waals surface area contributed by atoms with Crippen molar-refractivity contribution >= 4 is 0 Å². The lowest BCUT2D eigenvalue weighted by atomic mass is 10.1. The van der Waals surface area contributed by atoms with E-state index in [0.29, 0.717) is 0 Å². The molecule has 0 saturated heterocycles. The van der Waals surface area contributed by atoms with E-state index in [9.17, 15) is 0 Å². The van der Waals surface area contributed by atoms with Crippen LogP contribution in [0.2, 0.25) is 0 Å². The molecule has 96 valence electrons. The number of nitrogens with one attached hydrogen (secondary N) is 1. The van der Waals surface area contributed by atoms with Gasteiger partial charge < -0.3 is 5.32 Å². The van der Waals surface area contributed by atoms with Gasteiger partial charge in [0.25, 0.3) is 0 Å². The van der Waals surface area contributed by atoms with Crippen LogP contribution in [-0.4, -0.2) is 14.8 Å². The molecule has 0 fully saturated rings. The molecule has 0 amide bonds. The third kappa shape index (κ3) is 2.76. The van der Waals surface area contributed by atoms with E-state index < -0.39 is 0 Å². The van der Waals surface area contributed by atoms with Crippen molar-refractivity contribution in [1.29, 1.82) is 0 Å². The van der Waals surface area contributed by atoms with Gasteiger partial charge in [0.2, 0.25) is 0 Å². The molecular weight excluding hydrogens is 224 g/mol. The Labute approximate surface area is 108 Å². The zero-order valence-corrected chi connectivity index (χ0v) is 11.4. The average molecular weight is 244 g/mol. The summed E-state index contributed by atoms with van der Waals surface area (Å²) in [7, 11) is 1.95. The minimum absolute atomic E-state index is 0.223. The standard InChI is InChI=1S/C14H20N4/c1-10(13-9-18(4)17-11(13)2)16-12(3)14-7-5-6-8-15-14/h5-10,12,16H,1-4H3. The maximum absolute atomic E-state index is 4.37. The van der Waals surface area contributed by atoms with Crippen LogP contribution in [0, 0.1) is 6.92 Å². The molecule has 0 spiro atoms. The fourth-order valence-electron chi connectivity index (χ4n) is 2.23. The number of aromatic nitrogens is 3. The summed E-state index contributed by atoms with van der Waals surface area (Å²) in [5.41, 5.74) is 3.37. The Morgan fingerprint density at radius 2 is 2.00 bits per heavy atom. The van der Waals surface area contributed by atoms with Gasteiger partial charge in [-0.15, -0.1) is 0 Å². The lowest BCUT2D eigenvalue weighted by Crippen LogP contribution is -2.23. The molecule has 0 saturated carbocycles. The van der Waals surface area contributed by atoms with E-state index >= 15 is 0 Å². The van der Waals surface area contributed by atoms with E-state index in [0.717, 1.165) is 11.4 Å². The number of rotatable bonds is 4. The summed E-state index contributed by atoms with van der Waals surface area (Å²) in [5, 5.41) is 7.92. The molecule has 4 nitrogen and oxygen atoms in total. The van der Waals surface area contributed by atoms with E-state index in [1.165, 1.54) is 5.56 Å². The predicted octanol–water partition coefficient (Wildman–Crippen LogP) is 2.54. The van der Waals surface area contributed by atoms with E-state index in [-0.39, 0.29) is 12.1 Å². The van der Waals surface area contributed by atoms with E-state index in [2.05, 4.69) is 35.4 Å². The van der Waals surface area contributed by atoms with Crippen LogP contribution in [0.25, 0.3) is 0 Å². The van der Waals surface area contributed by atoms with Gasteiger partial charge in [0, 0.05) is 37.1 Å². The number of pyridine rings is 1. The highest BCUT2D eigenvalue weighted by Crippen LogP contribution is 2.19. The maximum Gasteiger partial charge on any atom is 0.0641 e. The molecule has 2 heterocycles. The van der Waals surface area contributed by atoms with Gasteiger partial charge in [0.15, 0.2) is 0 Å². The summed E-state index contributed by atoms with van der Waals surface area (Å²) in [6.45, 7) is 6.33. The van der Waals surface area contributed by atoms with Crippen LogP contribution in [0.1, 0.15) is 42.9 Å². The third-order valence-electron chi connectivity index (χ3n) is 3.15. The predicted molar refractivity (Wildman–Crippen MR) is 72.1 cm³/mol. The lowest BCUT2D eigenvalue weighted by molar-refractivity contribution is 0.485. The molecule has 0 radical (unpaired) electrons. The van der Waals surface area contributed by atoms with Crippen molar-refractivity contribution in [1.82, 2.24) is 20.1 Å². The van der Waals surface area contributed by atoms with Crippen molar-refractivity contribution < 1.29 is 0 Å². The van der Waals surface area contributed by atoms with Gasteiger partial charge >= 0.3 is 0 Å². The van der Waals surface area contributed by atoms with Crippen LogP contribution in [0.15, 0.2) is 30.6 Å². The summed E-state index contributed by atoms with van der Waals surface area (Å²) in [5.74, 6) is 0. The van der Waals surface area contributed by atoms with Crippen LogP contribution >= 0.6 is 0 Å². The largest absolute Gasteiger partial charge is 0.302 e. The van der Waals surface area contributed by atoms with Crippen molar-refractivity contribution in [3.63, 3.8) is 0 Å². The molecular formula is C14H20N4. The van der Waals surface area contributed by atoms with Crippen molar-refractivity contribution in [3.8, 4) is 0 Å². The van der Waals surface area contributed by atoms with Crippen molar-refractivity contribution in [2.24, 2.45) is 7.05 Å². The first-order chi connectivity index (χ1) is 8.58. The minimum Gasteiger partial charge on any atom is -0.302 e. The smallest absolute Gasteiger partial charge is 0.0641 e. The third-order valence-corrected chi connectivity index (χ3v) is 3.15. The van der Waals surface area contributed by atoms with E-state index in [4.69, 9.17) is 0 Å². The molecule has 2 aromatic heterocycles. The van der Waals surface area contributed by atoms with Crippen LogP contribution in [0.5, 0.6) is 0 Å². The van der Waals surface area contributed by atoms with Crippen molar-refractivity contribution in [2.75, 3.05) is 0 Å². The molecule has 0 aliphatic rings. The Morgan fingerprint density at radius 1 is 1.22 bits per heavy atom. The summed E-state index contributed by atoms with van der Waals surface area (Å²) in [6.07, 6.45) is 3.89. The molecule has 0 aromatic carbocycles. The Hall–Kier alpha value is -1.68. The van der Waals surface area contributed by atoms with Gasteiger partial charge in [-0.25, -0.2) is 0 Å². The van der Waals surface area contributed by atoms with E-state index in [1.807, 2.05) is 43.0 Å². The van der Waals surface area contributed by atoms with Gasteiger partial charge in [0.1, 0.15) is 0 Å². The van der Waals surface area contributed by atoms with E-state index in [1.54, 1.807) is 0 Å². The number of nitrogens with zero attached hydrogens (tertiary/aromatic N) is 3. The second kappa shape index (κ2) is 5.31. The molecule has 0 aliphatic heterocycles. The van der Waals surface area contributed by atoms with Gasteiger partial charge in [-0.1, -0.05) is 6.07 Å². The SMILES string of the molecule is Cc1nn(C)cc1C(C)NC(C)c1ccccn1. The Balaban J connectivity index is 2.08. The highest BCUT2D eigenvalue weighted by Gasteiger charge is 2.15. The summed E-state index contributed by atoms with van der Waals surface area (Å²) >= 11 is 0. The molecule has 4 heteroatoms. The number of hydrogen-bond donors (Lipinski definition) is 1. The molecule has 18 heavy (non-hydrogen) atoms. The quantitative estimate of drug-likeness (QED) is 0.898. The van der Waals surface area contributed by atoms with Gasteiger partial charge in [-0.2, -0.15) is 5.10 Å². The minimum atomic E-state index is 0.223. The maximum atomic E-state index is 4.37. The highest BCUT2D eigenvalue weighted by atomic mass is 15.3. The number of aryl methyl sites for hydroxylation is 2. The molecule has 2 atom stereocenters. The Bertz CT molecular complexity index is 504. The summed E-state index contributed by atoms with van der Waals surface area (Å²) in [4.78, 5) is 4.37. The van der Waals surface area contributed by atoms with Crippen LogP contribution < -0.4 is 5.32 Å². The van der Waals surface area contributed by atoms with Gasteiger partial charge in [-0.3, -0.25) is 9.67 Å². The first-order valence-corrected chi connectivity index (χ1v) is 6.25. The molecule has 2 unspecified atom stereocenters. The van der Waals surface area contributed by atoms with Crippen molar-refractivity contribution in [3.05, 3.63) is 47.5 Å². The van der Waals surface area contributed by atoms with Crippen LogP contribution in [0.3, 0.4) is 0 Å². The van der Waals surface area contributed by atoms with Gasteiger partial charge in [-0.05, 0) is 32.9 Å². The van der Waals surface area contributed by atoms with Gasteiger partial charge in [0.05, 0.1) is 11.4 Å². The molecule has 2 aromatic rings. The zero-order chi connectivity index (χ0) is 13.1. The lowest BCUT2D eigenvalue weighted by Gasteiger charge is -2.19. The normalized spacial score (nSPS) is 14.4. The molecule has 0 aliphatic carbocycles. The molecule has 1 N–H and O–H groups in total. The second-order valence-electron chi connectivity index (χ2n) is 4.71. The molecule has 2 rings (SSSR count). The summed E-state index contributed by atoms with van der Waals surface area (Å²) in [6, 6.07) is 6.47. The second-order valence-corrected chi connectivity index (χ2v) is 4.71. The highest BCUT2D eigenvalue weighted by molar-refractivity contribution is 5.20. The Kier molecular flexibility index (Phi) is 3.77. The topological polar surface area (TPSA) is 42.7 Å².